The minimum atomic E-state index is -0.314. The van der Waals surface area contributed by atoms with Crippen molar-refractivity contribution in [2.75, 3.05) is 12.8 Å². The van der Waals surface area contributed by atoms with Gasteiger partial charge in [0, 0.05) is 18.5 Å². The molecule has 116 valence electrons. The summed E-state index contributed by atoms with van der Waals surface area (Å²) >= 11 is 0. The summed E-state index contributed by atoms with van der Waals surface area (Å²) in [5.41, 5.74) is 7.80. The lowest BCUT2D eigenvalue weighted by Crippen LogP contribution is -2.23. The molecule has 0 bridgehead atoms. The molecular weight excluding hydrogens is 283 g/mol. The molecule has 2 aromatic carbocycles. The predicted octanol–water partition coefficient (Wildman–Crippen LogP) is 2.67. The number of aryl methyl sites for hydroxylation is 1. The highest BCUT2D eigenvalue weighted by Gasteiger charge is 2.06. The first-order valence-corrected chi connectivity index (χ1v) is 7.02. The van der Waals surface area contributed by atoms with Gasteiger partial charge in [0.2, 0.25) is 5.91 Å². The molecule has 0 heterocycles. The largest absolute Gasteiger partial charge is 0.495 e. The Morgan fingerprint density at radius 3 is 2.73 bits per heavy atom. The molecule has 0 aliphatic heterocycles. The van der Waals surface area contributed by atoms with Crippen molar-refractivity contribution in [3.63, 3.8) is 0 Å². The van der Waals surface area contributed by atoms with E-state index in [1.165, 1.54) is 6.07 Å². The topological polar surface area (TPSA) is 64.3 Å². The number of amides is 1. The smallest absolute Gasteiger partial charge is 0.220 e. The Balaban J connectivity index is 1.83. The van der Waals surface area contributed by atoms with Gasteiger partial charge < -0.3 is 15.8 Å². The lowest BCUT2D eigenvalue weighted by Gasteiger charge is -2.08. The van der Waals surface area contributed by atoms with E-state index in [-0.39, 0.29) is 18.3 Å². The van der Waals surface area contributed by atoms with Gasteiger partial charge in [0.15, 0.2) is 0 Å². The molecule has 2 aromatic rings. The number of carbonyl (C=O) groups excluding carboxylic acids is 1. The van der Waals surface area contributed by atoms with Crippen molar-refractivity contribution in [3.8, 4) is 5.75 Å². The van der Waals surface area contributed by atoms with Crippen LogP contribution in [0.5, 0.6) is 5.75 Å². The standard InChI is InChI=1S/C17H19FN2O2/c1-22-16-8-6-12(10-15(16)19)7-9-17(21)20-11-13-4-2-3-5-14(13)18/h2-6,8,10H,7,9,11,19H2,1H3,(H,20,21). The van der Waals surface area contributed by atoms with Crippen LogP contribution in [0, 0.1) is 5.82 Å². The fourth-order valence-corrected chi connectivity index (χ4v) is 2.12. The van der Waals surface area contributed by atoms with Crippen molar-refractivity contribution < 1.29 is 13.9 Å². The van der Waals surface area contributed by atoms with Crippen LogP contribution in [-0.2, 0) is 17.8 Å². The second kappa shape index (κ2) is 7.45. The van der Waals surface area contributed by atoms with Crippen LogP contribution in [0.3, 0.4) is 0 Å². The molecule has 4 nitrogen and oxygen atoms in total. The second-order valence-corrected chi connectivity index (χ2v) is 4.94. The maximum absolute atomic E-state index is 13.4. The first-order chi connectivity index (χ1) is 10.6. The highest BCUT2D eigenvalue weighted by atomic mass is 19.1. The summed E-state index contributed by atoms with van der Waals surface area (Å²) in [6.07, 6.45) is 0.886. The van der Waals surface area contributed by atoms with Crippen LogP contribution in [0.2, 0.25) is 0 Å². The number of benzene rings is 2. The Labute approximate surface area is 129 Å². The molecule has 0 aliphatic rings. The van der Waals surface area contributed by atoms with Crippen LogP contribution in [0.25, 0.3) is 0 Å². The summed E-state index contributed by atoms with van der Waals surface area (Å²) in [6.45, 7) is 0.191. The summed E-state index contributed by atoms with van der Waals surface area (Å²) in [7, 11) is 1.56. The van der Waals surface area contributed by atoms with E-state index in [2.05, 4.69) is 5.32 Å². The number of nitrogen functional groups attached to an aromatic ring is 1. The summed E-state index contributed by atoms with van der Waals surface area (Å²) in [4.78, 5) is 11.8. The molecule has 0 radical (unpaired) electrons. The first-order valence-electron chi connectivity index (χ1n) is 7.02. The van der Waals surface area contributed by atoms with Gasteiger partial charge in [-0.3, -0.25) is 4.79 Å². The fourth-order valence-electron chi connectivity index (χ4n) is 2.12. The van der Waals surface area contributed by atoms with E-state index in [1.807, 2.05) is 6.07 Å². The van der Waals surface area contributed by atoms with Crippen LogP contribution in [0.4, 0.5) is 10.1 Å². The average Bonchev–Trinajstić information content (AvgIpc) is 2.52. The van der Waals surface area contributed by atoms with E-state index in [1.54, 1.807) is 37.4 Å². The molecule has 0 saturated carbocycles. The molecule has 0 fully saturated rings. The van der Waals surface area contributed by atoms with Crippen LogP contribution in [-0.4, -0.2) is 13.0 Å². The van der Waals surface area contributed by atoms with Crippen molar-refractivity contribution in [2.45, 2.75) is 19.4 Å². The third-order valence-electron chi connectivity index (χ3n) is 3.37. The van der Waals surface area contributed by atoms with Crippen molar-refractivity contribution in [1.29, 1.82) is 0 Å². The highest BCUT2D eigenvalue weighted by molar-refractivity contribution is 5.76. The van der Waals surface area contributed by atoms with Gasteiger partial charge in [0.1, 0.15) is 11.6 Å². The zero-order valence-electron chi connectivity index (χ0n) is 12.4. The summed E-state index contributed by atoms with van der Waals surface area (Å²) < 4.78 is 18.5. The van der Waals surface area contributed by atoms with Crippen molar-refractivity contribution in [1.82, 2.24) is 5.32 Å². The zero-order valence-corrected chi connectivity index (χ0v) is 12.4. The molecule has 0 saturated heterocycles. The molecular formula is C17H19FN2O2. The maximum Gasteiger partial charge on any atom is 0.220 e. The van der Waals surface area contributed by atoms with Gasteiger partial charge in [-0.15, -0.1) is 0 Å². The normalized spacial score (nSPS) is 10.3. The van der Waals surface area contributed by atoms with E-state index in [0.29, 0.717) is 29.8 Å². The molecule has 0 unspecified atom stereocenters. The van der Waals surface area contributed by atoms with Gasteiger partial charge in [-0.05, 0) is 30.2 Å². The molecule has 3 N–H and O–H groups in total. The number of rotatable bonds is 6. The van der Waals surface area contributed by atoms with E-state index in [9.17, 15) is 9.18 Å². The number of halogens is 1. The number of methoxy groups -OCH3 is 1. The third-order valence-corrected chi connectivity index (χ3v) is 3.37. The third kappa shape index (κ3) is 4.22. The zero-order chi connectivity index (χ0) is 15.9. The highest BCUT2D eigenvalue weighted by Crippen LogP contribution is 2.22. The van der Waals surface area contributed by atoms with Gasteiger partial charge in [-0.1, -0.05) is 24.3 Å². The number of anilines is 1. The maximum atomic E-state index is 13.4. The van der Waals surface area contributed by atoms with Crippen molar-refractivity contribution in [3.05, 3.63) is 59.4 Å². The van der Waals surface area contributed by atoms with E-state index in [0.717, 1.165) is 5.56 Å². The van der Waals surface area contributed by atoms with Gasteiger partial charge in [0.05, 0.1) is 12.8 Å². The predicted molar refractivity (Wildman–Crippen MR) is 84.0 cm³/mol. The first kappa shape index (κ1) is 15.8. The Morgan fingerprint density at radius 2 is 2.05 bits per heavy atom. The Morgan fingerprint density at radius 1 is 1.27 bits per heavy atom. The van der Waals surface area contributed by atoms with E-state index >= 15 is 0 Å². The number of hydrogen-bond donors (Lipinski definition) is 2. The van der Waals surface area contributed by atoms with Crippen molar-refractivity contribution >= 4 is 11.6 Å². The second-order valence-electron chi connectivity index (χ2n) is 4.94. The van der Waals surface area contributed by atoms with Gasteiger partial charge in [0.25, 0.3) is 0 Å². The molecule has 0 atom stereocenters. The minimum Gasteiger partial charge on any atom is -0.495 e. The van der Waals surface area contributed by atoms with Crippen LogP contribution in [0.15, 0.2) is 42.5 Å². The van der Waals surface area contributed by atoms with Crippen molar-refractivity contribution in [2.24, 2.45) is 0 Å². The molecule has 2 rings (SSSR count). The van der Waals surface area contributed by atoms with Gasteiger partial charge >= 0.3 is 0 Å². The monoisotopic (exact) mass is 302 g/mol. The number of nitrogens with one attached hydrogen (secondary N) is 1. The van der Waals surface area contributed by atoms with Gasteiger partial charge in [-0.25, -0.2) is 4.39 Å². The van der Waals surface area contributed by atoms with Gasteiger partial charge in [-0.2, -0.15) is 0 Å². The average molecular weight is 302 g/mol. The summed E-state index contributed by atoms with van der Waals surface area (Å²) in [6, 6.07) is 11.8. The summed E-state index contributed by atoms with van der Waals surface area (Å²) in [5, 5.41) is 2.71. The number of nitrogens with two attached hydrogens (primary N) is 1. The van der Waals surface area contributed by atoms with Crippen LogP contribution in [0.1, 0.15) is 17.5 Å². The van der Waals surface area contributed by atoms with E-state index < -0.39 is 0 Å². The molecule has 0 aliphatic carbocycles. The molecule has 1 amide bonds. The lowest BCUT2D eigenvalue weighted by molar-refractivity contribution is -0.121. The number of ether oxygens (including phenoxy) is 1. The molecule has 22 heavy (non-hydrogen) atoms. The van der Waals surface area contributed by atoms with E-state index in [4.69, 9.17) is 10.5 Å². The fraction of sp³-hybridized carbons (Fsp3) is 0.235. The SMILES string of the molecule is COc1ccc(CCC(=O)NCc2ccccc2F)cc1N. The van der Waals surface area contributed by atoms with Crippen LogP contribution < -0.4 is 15.8 Å². The minimum absolute atomic E-state index is 0.127. The van der Waals surface area contributed by atoms with Crippen LogP contribution >= 0.6 is 0 Å². The molecule has 5 heteroatoms. The number of carbonyl (C=O) groups is 1. The lowest BCUT2D eigenvalue weighted by atomic mass is 10.1. The Hall–Kier alpha value is -2.56. The Kier molecular flexibility index (Phi) is 5.36. The Bertz CT molecular complexity index is 659. The summed E-state index contributed by atoms with van der Waals surface area (Å²) in [5.74, 6) is 0.177. The molecule has 0 spiro atoms. The number of hydrogen-bond acceptors (Lipinski definition) is 3. The quantitative estimate of drug-likeness (QED) is 0.806. The molecule has 0 aromatic heterocycles.